The van der Waals surface area contributed by atoms with Gasteiger partial charge in [0.15, 0.2) is 0 Å². The van der Waals surface area contributed by atoms with Crippen molar-refractivity contribution in [3.05, 3.63) is 35.9 Å². The van der Waals surface area contributed by atoms with Gasteiger partial charge in [0.25, 0.3) is 0 Å². The molecule has 0 bridgehead atoms. The zero-order valence-corrected chi connectivity index (χ0v) is 13.1. The van der Waals surface area contributed by atoms with Crippen molar-refractivity contribution < 1.29 is 14.6 Å². The Morgan fingerprint density at radius 3 is 2.48 bits per heavy atom. The summed E-state index contributed by atoms with van der Waals surface area (Å²) >= 11 is 0. The van der Waals surface area contributed by atoms with Crippen LogP contribution >= 0.6 is 0 Å². The zero-order valence-electron chi connectivity index (χ0n) is 13.1. The maximum Gasteiger partial charge on any atom is 0.329 e. The molecule has 2 rings (SSSR count). The lowest BCUT2D eigenvalue weighted by molar-refractivity contribution is -0.170. The van der Waals surface area contributed by atoms with Crippen LogP contribution in [0.4, 0.5) is 0 Å². The van der Waals surface area contributed by atoms with Crippen LogP contribution in [0.5, 0.6) is 0 Å². The van der Waals surface area contributed by atoms with Gasteiger partial charge >= 0.3 is 5.97 Å². The molecule has 0 amide bonds. The van der Waals surface area contributed by atoms with Gasteiger partial charge in [-0.05, 0) is 24.8 Å². The predicted octanol–water partition coefficient (Wildman–Crippen LogP) is 2.95. The summed E-state index contributed by atoms with van der Waals surface area (Å²) in [6, 6.07) is 10.9. The number of ether oxygens (including phenoxy) is 1. The maximum atomic E-state index is 10.6. The van der Waals surface area contributed by atoms with Crippen molar-refractivity contribution in [3.8, 4) is 0 Å². The normalized spacial score (nSPS) is 19.2. The van der Waals surface area contributed by atoms with E-state index in [0.717, 1.165) is 19.5 Å². The van der Waals surface area contributed by atoms with Gasteiger partial charge in [-0.25, -0.2) is 4.79 Å². The largest absolute Gasteiger partial charge is 0.480 e. The van der Waals surface area contributed by atoms with Gasteiger partial charge in [-0.15, -0.1) is 0 Å². The smallest absolute Gasteiger partial charge is 0.329 e. The van der Waals surface area contributed by atoms with Gasteiger partial charge in [-0.2, -0.15) is 0 Å². The SMILES string of the molecule is CC(C)CC(c1ccccc1)N1CC(C)(OCC(=O)O)C1. The molecule has 0 aromatic heterocycles. The van der Waals surface area contributed by atoms with E-state index in [9.17, 15) is 4.79 Å². The lowest BCUT2D eigenvalue weighted by atomic mass is 9.88. The van der Waals surface area contributed by atoms with Gasteiger partial charge in [0, 0.05) is 19.1 Å². The summed E-state index contributed by atoms with van der Waals surface area (Å²) in [5, 5.41) is 8.73. The second kappa shape index (κ2) is 6.58. The first-order valence-electron chi connectivity index (χ1n) is 7.54. The van der Waals surface area contributed by atoms with Gasteiger partial charge < -0.3 is 9.84 Å². The van der Waals surface area contributed by atoms with Crippen molar-refractivity contribution >= 4 is 5.97 Å². The molecule has 1 heterocycles. The van der Waals surface area contributed by atoms with E-state index >= 15 is 0 Å². The van der Waals surface area contributed by atoms with Gasteiger partial charge in [0.2, 0.25) is 0 Å². The summed E-state index contributed by atoms with van der Waals surface area (Å²) in [4.78, 5) is 13.0. The number of carbonyl (C=O) groups is 1. The molecule has 1 aliphatic rings. The van der Waals surface area contributed by atoms with E-state index in [0.29, 0.717) is 12.0 Å². The minimum atomic E-state index is -0.906. The summed E-state index contributed by atoms with van der Waals surface area (Å²) in [5.74, 6) is -0.293. The number of aliphatic carboxylic acids is 1. The molecule has 1 aromatic rings. The first kappa shape index (κ1) is 16.0. The number of hydrogen-bond donors (Lipinski definition) is 1. The number of rotatable bonds is 7. The monoisotopic (exact) mass is 291 g/mol. The highest BCUT2D eigenvalue weighted by Gasteiger charge is 2.43. The van der Waals surface area contributed by atoms with E-state index in [4.69, 9.17) is 9.84 Å². The molecule has 0 spiro atoms. The Morgan fingerprint density at radius 2 is 1.95 bits per heavy atom. The molecule has 0 aliphatic carbocycles. The van der Waals surface area contributed by atoms with Crippen LogP contribution in [0.3, 0.4) is 0 Å². The van der Waals surface area contributed by atoms with Crippen molar-refractivity contribution in [1.82, 2.24) is 4.90 Å². The molecule has 1 N–H and O–H groups in total. The van der Waals surface area contributed by atoms with E-state index in [2.05, 4.69) is 43.0 Å². The van der Waals surface area contributed by atoms with Gasteiger partial charge in [-0.1, -0.05) is 44.2 Å². The fourth-order valence-corrected chi connectivity index (χ4v) is 2.98. The molecule has 21 heavy (non-hydrogen) atoms. The summed E-state index contributed by atoms with van der Waals surface area (Å²) in [6.45, 7) is 7.80. The summed E-state index contributed by atoms with van der Waals surface area (Å²) < 4.78 is 5.51. The zero-order chi connectivity index (χ0) is 15.5. The number of carboxylic acids is 1. The number of carboxylic acid groups (broad SMARTS) is 1. The van der Waals surface area contributed by atoms with Crippen LogP contribution in [0.1, 0.15) is 38.8 Å². The van der Waals surface area contributed by atoms with Crippen LogP contribution in [0.15, 0.2) is 30.3 Å². The van der Waals surface area contributed by atoms with Crippen LogP contribution in [0.25, 0.3) is 0 Å². The molecule has 1 atom stereocenters. The third-order valence-electron chi connectivity index (χ3n) is 3.94. The average molecular weight is 291 g/mol. The van der Waals surface area contributed by atoms with Crippen molar-refractivity contribution in [2.45, 2.75) is 38.8 Å². The fraction of sp³-hybridized carbons (Fsp3) is 0.588. The Morgan fingerprint density at radius 1 is 1.33 bits per heavy atom. The number of hydrogen-bond acceptors (Lipinski definition) is 3. The summed E-state index contributed by atoms with van der Waals surface area (Å²) in [5.41, 5.74) is 0.994. The first-order chi connectivity index (χ1) is 9.89. The highest BCUT2D eigenvalue weighted by Crippen LogP contribution is 2.36. The van der Waals surface area contributed by atoms with Crippen molar-refractivity contribution in [2.75, 3.05) is 19.7 Å². The van der Waals surface area contributed by atoms with E-state index in [1.54, 1.807) is 0 Å². The Kier molecular flexibility index (Phi) is 5.01. The van der Waals surface area contributed by atoms with Crippen LogP contribution in [-0.2, 0) is 9.53 Å². The quantitative estimate of drug-likeness (QED) is 0.839. The highest BCUT2D eigenvalue weighted by molar-refractivity contribution is 5.68. The second-order valence-electron chi connectivity index (χ2n) is 6.59. The van der Waals surface area contributed by atoms with E-state index in [-0.39, 0.29) is 12.2 Å². The molecule has 1 aromatic carbocycles. The van der Waals surface area contributed by atoms with Crippen molar-refractivity contribution in [1.29, 1.82) is 0 Å². The Balaban J connectivity index is 1.99. The Labute approximate surface area is 126 Å². The second-order valence-corrected chi connectivity index (χ2v) is 6.59. The summed E-state index contributed by atoms with van der Waals surface area (Å²) in [7, 11) is 0. The fourth-order valence-electron chi connectivity index (χ4n) is 2.98. The van der Waals surface area contributed by atoms with Gasteiger partial charge in [0.05, 0.1) is 5.60 Å². The molecule has 1 aliphatic heterocycles. The molecule has 1 unspecified atom stereocenters. The maximum absolute atomic E-state index is 10.6. The van der Waals surface area contributed by atoms with E-state index < -0.39 is 5.97 Å². The minimum Gasteiger partial charge on any atom is -0.480 e. The van der Waals surface area contributed by atoms with Crippen LogP contribution in [0.2, 0.25) is 0 Å². The van der Waals surface area contributed by atoms with E-state index in [1.165, 1.54) is 5.56 Å². The predicted molar refractivity (Wildman–Crippen MR) is 82.2 cm³/mol. The van der Waals surface area contributed by atoms with Crippen LogP contribution in [0, 0.1) is 5.92 Å². The molecule has 0 radical (unpaired) electrons. The minimum absolute atomic E-state index is 0.218. The average Bonchev–Trinajstić information content (AvgIpc) is 2.40. The van der Waals surface area contributed by atoms with Crippen molar-refractivity contribution in [3.63, 3.8) is 0 Å². The van der Waals surface area contributed by atoms with Crippen LogP contribution in [-0.4, -0.2) is 41.3 Å². The number of likely N-dealkylation sites (tertiary alicyclic amines) is 1. The lowest BCUT2D eigenvalue weighted by Gasteiger charge is -2.51. The van der Waals surface area contributed by atoms with E-state index in [1.807, 2.05) is 13.0 Å². The molecule has 1 saturated heterocycles. The molecule has 0 saturated carbocycles. The van der Waals surface area contributed by atoms with Crippen molar-refractivity contribution in [2.24, 2.45) is 5.92 Å². The number of benzene rings is 1. The molecule has 4 heteroatoms. The standard InChI is InChI=1S/C17H25NO3/c1-13(2)9-15(14-7-5-4-6-8-14)18-11-17(3,12-18)21-10-16(19)20/h4-8,13,15H,9-12H2,1-3H3,(H,19,20). The third kappa shape index (κ3) is 4.29. The van der Waals surface area contributed by atoms with Gasteiger partial charge in [0.1, 0.15) is 6.61 Å². The van der Waals surface area contributed by atoms with Crippen LogP contribution < -0.4 is 0 Å². The Bertz CT molecular complexity index is 466. The molecule has 1 fully saturated rings. The highest BCUT2D eigenvalue weighted by atomic mass is 16.5. The van der Waals surface area contributed by atoms with Gasteiger partial charge in [-0.3, -0.25) is 4.90 Å². The third-order valence-corrected chi connectivity index (χ3v) is 3.94. The molecule has 116 valence electrons. The number of nitrogens with zero attached hydrogens (tertiary/aromatic N) is 1. The summed E-state index contributed by atoms with van der Waals surface area (Å²) in [6.07, 6.45) is 1.10. The lowest BCUT2D eigenvalue weighted by Crippen LogP contribution is -2.62. The molecular weight excluding hydrogens is 266 g/mol. The molecular formula is C17H25NO3. The molecule has 4 nitrogen and oxygen atoms in total. The topological polar surface area (TPSA) is 49.8 Å². The first-order valence-corrected chi connectivity index (χ1v) is 7.54. The Hall–Kier alpha value is -1.39.